The Labute approximate surface area is 119 Å². The maximum atomic E-state index is 12.1. The Kier molecular flexibility index (Phi) is 3.30. The lowest BCUT2D eigenvalue weighted by atomic mass is 10.2. The standard InChI is InChI=1S/C14H12N4OS/c1-18-14(15-12(17-18)11-8-5-9-20-11)16-13(19)10-6-3-2-4-7-10/h2-9H,1H3,(H,15,16,17,19). The molecule has 0 saturated heterocycles. The number of hydrogen-bond donors (Lipinski definition) is 1. The number of aryl methyl sites for hydroxylation is 1. The van der Waals surface area contributed by atoms with Gasteiger partial charge in [-0.15, -0.1) is 16.4 Å². The smallest absolute Gasteiger partial charge is 0.258 e. The van der Waals surface area contributed by atoms with Crippen LogP contribution in [0.25, 0.3) is 10.7 Å². The van der Waals surface area contributed by atoms with E-state index in [1.54, 1.807) is 35.2 Å². The molecule has 0 radical (unpaired) electrons. The minimum atomic E-state index is -0.196. The van der Waals surface area contributed by atoms with Crippen LogP contribution < -0.4 is 5.32 Å². The fourth-order valence-electron chi connectivity index (χ4n) is 1.77. The molecule has 1 amide bonds. The van der Waals surface area contributed by atoms with Gasteiger partial charge in [0, 0.05) is 12.6 Å². The molecule has 100 valence electrons. The van der Waals surface area contributed by atoms with E-state index in [1.807, 2.05) is 35.7 Å². The van der Waals surface area contributed by atoms with Crippen LogP contribution in [0.3, 0.4) is 0 Å². The fraction of sp³-hybridized carbons (Fsp3) is 0.0714. The molecule has 0 aliphatic rings. The van der Waals surface area contributed by atoms with Crippen molar-refractivity contribution in [3.05, 3.63) is 53.4 Å². The molecule has 6 heteroatoms. The number of amides is 1. The summed E-state index contributed by atoms with van der Waals surface area (Å²) in [6.07, 6.45) is 0. The molecular formula is C14H12N4OS. The summed E-state index contributed by atoms with van der Waals surface area (Å²) in [6, 6.07) is 12.9. The van der Waals surface area contributed by atoms with Gasteiger partial charge in [-0.1, -0.05) is 24.3 Å². The van der Waals surface area contributed by atoms with Crippen molar-refractivity contribution in [1.29, 1.82) is 0 Å². The predicted molar refractivity (Wildman–Crippen MR) is 78.7 cm³/mol. The van der Waals surface area contributed by atoms with Gasteiger partial charge in [-0.2, -0.15) is 4.98 Å². The second-order valence-electron chi connectivity index (χ2n) is 4.18. The van der Waals surface area contributed by atoms with E-state index < -0.39 is 0 Å². The van der Waals surface area contributed by atoms with Crippen LogP contribution in [0.15, 0.2) is 47.8 Å². The molecule has 0 spiro atoms. The quantitative estimate of drug-likeness (QED) is 0.804. The summed E-state index contributed by atoms with van der Waals surface area (Å²) in [7, 11) is 1.75. The Bertz CT molecular complexity index is 719. The number of thiophene rings is 1. The first-order chi connectivity index (χ1) is 9.74. The molecule has 1 aromatic carbocycles. The van der Waals surface area contributed by atoms with Gasteiger partial charge in [-0.05, 0) is 23.6 Å². The molecule has 1 N–H and O–H groups in total. The molecule has 0 bridgehead atoms. The van der Waals surface area contributed by atoms with Gasteiger partial charge in [-0.3, -0.25) is 10.1 Å². The molecule has 0 saturated carbocycles. The lowest BCUT2D eigenvalue weighted by Crippen LogP contribution is -2.15. The van der Waals surface area contributed by atoms with Crippen molar-refractivity contribution >= 4 is 23.2 Å². The SMILES string of the molecule is Cn1nc(-c2cccs2)nc1NC(=O)c1ccccc1. The third-order valence-corrected chi connectivity index (χ3v) is 3.63. The number of benzene rings is 1. The van der Waals surface area contributed by atoms with Gasteiger partial charge in [0.2, 0.25) is 5.95 Å². The van der Waals surface area contributed by atoms with Crippen LogP contribution in [-0.4, -0.2) is 20.7 Å². The van der Waals surface area contributed by atoms with Crippen LogP contribution in [0.4, 0.5) is 5.95 Å². The maximum absolute atomic E-state index is 12.1. The highest BCUT2D eigenvalue weighted by atomic mass is 32.1. The van der Waals surface area contributed by atoms with Crippen molar-refractivity contribution in [3.8, 4) is 10.7 Å². The third-order valence-electron chi connectivity index (χ3n) is 2.77. The Hall–Kier alpha value is -2.47. The predicted octanol–water partition coefficient (Wildman–Crippen LogP) is 2.80. The van der Waals surface area contributed by atoms with E-state index in [2.05, 4.69) is 15.4 Å². The van der Waals surface area contributed by atoms with E-state index in [1.165, 1.54) is 0 Å². The second-order valence-corrected chi connectivity index (χ2v) is 5.13. The lowest BCUT2D eigenvalue weighted by molar-refractivity contribution is 0.102. The van der Waals surface area contributed by atoms with Crippen molar-refractivity contribution < 1.29 is 4.79 Å². The van der Waals surface area contributed by atoms with Crippen molar-refractivity contribution in [1.82, 2.24) is 14.8 Å². The number of nitrogens with zero attached hydrogens (tertiary/aromatic N) is 3. The molecule has 0 aliphatic heterocycles. The van der Waals surface area contributed by atoms with E-state index >= 15 is 0 Å². The van der Waals surface area contributed by atoms with E-state index in [4.69, 9.17) is 0 Å². The maximum Gasteiger partial charge on any atom is 0.258 e. The summed E-state index contributed by atoms with van der Waals surface area (Å²) in [4.78, 5) is 17.4. The molecule has 3 aromatic rings. The average Bonchev–Trinajstić information content (AvgIpc) is 3.10. The van der Waals surface area contributed by atoms with Crippen LogP contribution in [0, 0.1) is 0 Å². The van der Waals surface area contributed by atoms with Crippen LogP contribution >= 0.6 is 11.3 Å². The molecule has 0 atom stereocenters. The monoisotopic (exact) mass is 284 g/mol. The zero-order valence-corrected chi connectivity index (χ0v) is 11.6. The molecule has 5 nitrogen and oxygen atoms in total. The zero-order chi connectivity index (χ0) is 13.9. The van der Waals surface area contributed by atoms with Gasteiger partial charge < -0.3 is 0 Å². The molecular weight excluding hydrogens is 272 g/mol. The van der Waals surface area contributed by atoms with Gasteiger partial charge in [0.15, 0.2) is 5.82 Å². The molecule has 0 aliphatic carbocycles. The molecule has 2 aromatic heterocycles. The van der Waals surface area contributed by atoms with Gasteiger partial charge in [0.1, 0.15) is 0 Å². The molecule has 20 heavy (non-hydrogen) atoms. The van der Waals surface area contributed by atoms with Crippen molar-refractivity contribution in [2.45, 2.75) is 0 Å². The van der Waals surface area contributed by atoms with E-state index in [0.29, 0.717) is 17.3 Å². The van der Waals surface area contributed by atoms with Gasteiger partial charge >= 0.3 is 0 Å². The second kappa shape index (κ2) is 5.26. The normalized spacial score (nSPS) is 10.4. The highest BCUT2D eigenvalue weighted by Gasteiger charge is 2.13. The first kappa shape index (κ1) is 12.6. The van der Waals surface area contributed by atoms with E-state index in [9.17, 15) is 4.79 Å². The highest BCUT2D eigenvalue weighted by Crippen LogP contribution is 2.22. The Morgan fingerprint density at radius 2 is 2.00 bits per heavy atom. The average molecular weight is 284 g/mol. The first-order valence-corrected chi connectivity index (χ1v) is 6.93. The number of carbonyl (C=O) groups is 1. The van der Waals surface area contributed by atoms with Crippen molar-refractivity contribution in [3.63, 3.8) is 0 Å². The number of hydrogen-bond acceptors (Lipinski definition) is 4. The Morgan fingerprint density at radius 1 is 1.20 bits per heavy atom. The van der Waals surface area contributed by atoms with Crippen LogP contribution in [-0.2, 0) is 7.05 Å². The van der Waals surface area contributed by atoms with Crippen LogP contribution in [0.2, 0.25) is 0 Å². The minimum absolute atomic E-state index is 0.196. The summed E-state index contributed by atoms with van der Waals surface area (Å²) >= 11 is 1.56. The van der Waals surface area contributed by atoms with Crippen molar-refractivity contribution in [2.24, 2.45) is 7.05 Å². The lowest BCUT2D eigenvalue weighted by Gasteiger charge is -2.02. The highest BCUT2D eigenvalue weighted by molar-refractivity contribution is 7.13. The van der Waals surface area contributed by atoms with Gasteiger partial charge in [0.05, 0.1) is 4.88 Å². The summed E-state index contributed by atoms with van der Waals surface area (Å²) in [5, 5.41) is 9.03. The van der Waals surface area contributed by atoms with Crippen molar-refractivity contribution in [2.75, 3.05) is 5.32 Å². The summed E-state index contributed by atoms with van der Waals surface area (Å²) in [5.74, 6) is 0.854. The van der Waals surface area contributed by atoms with E-state index in [-0.39, 0.29) is 5.91 Å². The number of rotatable bonds is 3. The molecule has 2 heterocycles. The number of aromatic nitrogens is 3. The zero-order valence-electron chi connectivity index (χ0n) is 10.8. The number of nitrogens with one attached hydrogen (secondary N) is 1. The number of carbonyl (C=O) groups excluding carboxylic acids is 1. The summed E-state index contributed by atoms with van der Waals surface area (Å²) in [5.41, 5.74) is 0.591. The van der Waals surface area contributed by atoms with Crippen LogP contribution in [0.5, 0.6) is 0 Å². The first-order valence-electron chi connectivity index (χ1n) is 6.05. The Balaban J connectivity index is 1.83. The number of anilines is 1. The largest absolute Gasteiger partial charge is 0.291 e. The third kappa shape index (κ3) is 2.46. The topological polar surface area (TPSA) is 59.8 Å². The molecule has 0 unspecified atom stereocenters. The van der Waals surface area contributed by atoms with Crippen LogP contribution in [0.1, 0.15) is 10.4 Å². The van der Waals surface area contributed by atoms with Gasteiger partial charge in [0.25, 0.3) is 5.91 Å². The summed E-state index contributed by atoms with van der Waals surface area (Å²) in [6.45, 7) is 0. The van der Waals surface area contributed by atoms with Gasteiger partial charge in [-0.25, -0.2) is 4.68 Å². The molecule has 0 fully saturated rings. The minimum Gasteiger partial charge on any atom is -0.291 e. The fourth-order valence-corrected chi connectivity index (χ4v) is 2.42. The Morgan fingerprint density at radius 3 is 2.70 bits per heavy atom. The molecule has 3 rings (SSSR count). The van der Waals surface area contributed by atoms with E-state index in [0.717, 1.165) is 4.88 Å². The summed E-state index contributed by atoms with van der Waals surface area (Å²) < 4.78 is 1.57.